The van der Waals surface area contributed by atoms with Gasteiger partial charge in [0.1, 0.15) is 0 Å². The lowest BCUT2D eigenvalue weighted by Gasteiger charge is -2.23. The average Bonchev–Trinajstić information content (AvgIpc) is 3.49. The summed E-state index contributed by atoms with van der Waals surface area (Å²) in [6.07, 6.45) is 4.26. The summed E-state index contributed by atoms with van der Waals surface area (Å²) < 4.78 is 24.5. The highest BCUT2D eigenvalue weighted by molar-refractivity contribution is 7.90. The van der Waals surface area contributed by atoms with Crippen LogP contribution in [-0.2, 0) is 16.3 Å². The van der Waals surface area contributed by atoms with Crippen LogP contribution in [0.2, 0.25) is 5.02 Å². The molecule has 2 aromatic carbocycles. The molecule has 1 N–H and O–H groups in total. The fourth-order valence-electron chi connectivity index (χ4n) is 6.21. The minimum absolute atomic E-state index is 0.0727. The molecule has 3 heterocycles. The number of aryl methyl sites for hydroxylation is 4. The molecule has 1 aromatic heterocycles. The molecule has 2 amide bonds. The molecule has 0 bridgehead atoms. The molecule has 2 fully saturated rings. The molecule has 2 saturated heterocycles. The maximum absolute atomic E-state index is 13.3. The third-order valence-electron chi connectivity index (χ3n) is 8.51. The number of nitrogens with zero attached hydrogens (tertiary/aromatic N) is 3. The zero-order chi connectivity index (χ0) is 30.2. The van der Waals surface area contributed by atoms with Crippen molar-refractivity contribution in [1.29, 1.82) is 0 Å². The zero-order valence-corrected chi connectivity index (χ0v) is 26.1. The molecule has 2 atom stereocenters. The Morgan fingerprint density at radius 3 is 2.33 bits per heavy atom. The van der Waals surface area contributed by atoms with Crippen LogP contribution in [0, 0.1) is 32.6 Å². The van der Waals surface area contributed by atoms with Crippen LogP contribution in [0.3, 0.4) is 0 Å². The monoisotopic (exact) mass is 608 g/mol. The second-order valence-corrected chi connectivity index (χ2v) is 14.1. The van der Waals surface area contributed by atoms with Crippen molar-refractivity contribution in [2.24, 2.45) is 11.8 Å². The quantitative estimate of drug-likeness (QED) is 0.388. The third-order valence-corrected chi connectivity index (χ3v) is 10.0. The maximum Gasteiger partial charge on any atom is 0.255 e. The molecule has 0 saturated carbocycles. The molecule has 42 heavy (non-hydrogen) atoms. The van der Waals surface area contributed by atoms with E-state index in [4.69, 9.17) is 11.6 Å². The van der Waals surface area contributed by atoms with Gasteiger partial charge in [0.2, 0.25) is 0 Å². The van der Waals surface area contributed by atoms with Gasteiger partial charge in [0.05, 0.1) is 16.2 Å². The van der Waals surface area contributed by atoms with Gasteiger partial charge in [-0.05, 0) is 105 Å². The highest BCUT2D eigenvalue weighted by Crippen LogP contribution is 2.33. The topological polar surface area (TPSA) is 99.7 Å². The third kappa shape index (κ3) is 6.53. The molecule has 2 unspecified atom stereocenters. The van der Waals surface area contributed by atoms with E-state index >= 15 is 0 Å². The second-order valence-electron chi connectivity index (χ2n) is 11.7. The summed E-state index contributed by atoms with van der Waals surface area (Å²) in [5.74, 6) is 0.637. The average molecular weight is 609 g/mol. The standard InChI is InChI=1S/C32H37ClN4O4S/c1-20-7-8-26(15-29(20)33)35-31(38)28-10-9-27(42(4,40)41)14-23(28)6-5-13-36-16-24-18-37(19-25(24)17-36)32(39)30-21(2)11-12-34-22(30)3/h7-12,14-15,24-25H,5-6,13,16-19H2,1-4H3,(H,35,38). The Morgan fingerprint density at radius 2 is 1.69 bits per heavy atom. The van der Waals surface area contributed by atoms with Crippen LogP contribution in [0.1, 0.15) is 49.5 Å². The number of halogens is 1. The number of pyridine rings is 1. The van der Waals surface area contributed by atoms with E-state index in [2.05, 4.69) is 15.2 Å². The smallest absolute Gasteiger partial charge is 0.255 e. The van der Waals surface area contributed by atoms with Crippen LogP contribution in [0.5, 0.6) is 0 Å². The van der Waals surface area contributed by atoms with Crippen molar-refractivity contribution >= 4 is 38.9 Å². The fraction of sp³-hybridized carbons (Fsp3) is 0.406. The molecule has 8 nitrogen and oxygen atoms in total. The van der Waals surface area contributed by atoms with E-state index in [1.807, 2.05) is 37.8 Å². The van der Waals surface area contributed by atoms with Gasteiger partial charge in [-0.3, -0.25) is 14.6 Å². The fourth-order valence-corrected chi connectivity index (χ4v) is 7.06. The number of nitrogens with one attached hydrogen (secondary N) is 1. The molecule has 222 valence electrons. The molecule has 10 heteroatoms. The highest BCUT2D eigenvalue weighted by atomic mass is 35.5. The van der Waals surface area contributed by atoms with E-state index in [1.165, 1.54) is 12.3 Å². The lowest BCUT2D eigenvalue weighted by molar-refractivity contribution is 0.0771. The first-order valence-corrected chi connectivity index (χ1v) is 16.5. The van der Waals surface area contributed by atoms with E-state index in [0.717, 1.165) is 61.5 Å². The molecular weight excluding hydrogens is 572 g/mol. The van der Waals surface area contributed by atoms with Crippen molar-refractivity contribution in [2.45, 2.75) is 38.5 Å². The van der Waals surface area contributed by atoms with Crippen LogP contribution in [0.4, 0.5) is 5.69 Å². The summed E-state index contributed by atoms with van der Waals surface area (Å²) in [6, 6.07) is 11.9. The van der Waals surface area contributed by atoms with Gasteiger partial charge in [-0.15, -0.1) is 0 Å². The van der Waals surface area contributed by atoms with Gasteiger partial charge in [0.15, 0.2) is 9.84 Å². The number of rotatable bonds is 8. The number of anilines is 1. The minimum atomic E-state index is -3.42. The van der Waals surface area contributed by atoms with Crippen molar-refractivity contribution in [3.63, 3.8) is 0 Å². The molecule has 0 aliphatic carbocycles. The van der Waals surface area contributed by atoms with Gasteiger partial charge in [0.25, 0.3) is 11.8 Å². The minimum Gasteiger partial charge on any atom is -0.338 e. The summed E-state index contributed by atoms with van der Waals surface area (Å²) in [5.41, 5.74) is 5.10. The Kier molecular flexibility index (Phi) is 8.73. The molecule has 0 radical (unpaired) electrons. The van der Waals surface area contributed by atoms with Gasteiger partial charge in [-0.1, -0.05) is 17.7 Å². The van der Waals surface area contributed by atoms with Crippen LogP contribution >= 0.6 is 11.6 Å². The number of aromatic nitrogens is 1. The normalized spacial score (nSPS) is 18.7. The molecule has 2 aliphatic heterocycles. The number of hydrogen-bond donors (Lipinski definition) is 1. The lowest BCUT2D eigenvalue weighted by atomic mass is 10.0. The van der Waals surface area contributed by atoms with Gasteiger partial charge >= 0.3 is 0 Å². The first-order chi connectivity index (χ1) is 19.9. The molecule has 3 aromatic rings. The Bertz CT molecular complexity index is 1610. The summed E-state index contributed by atoms with van der Waals surface area (Å²) in [5, 5.41) is 3.46. The van der Waals surface area contributed by atoms with Crippen LogP contribution < -0.4 is 5.32 Å². The number of amides is 2. The van der Waals surface area contributed by atoms with Crippen molar-refractivity contribution in [2.75, 3.05) is 44.3 Å². The second kappa shape index (κ2) is 12.1. The highest BCUT2D eigenvalue weighted by Gasteiger charge is 2.41. The molecular formula is C32H37ClN4O4S. The number of sulfone groups is 1. The van der Waals surface area contributed by atoms with Gasteiger partial charge in [0, 0.05) is 54.9 Å². The molecule has 0 spiro atoms. The van der Waals surface area contributed by atoms with E-state index < -0.39 is 9.84 Å². The van der Waals surface area contributed by atoms with E-state index in [-0.39, 0.29) is 16.7 Å². The molecule has 2 aliphatic rings. The van der Waals surface area contributed by atoms with Gasteiger partial charge in [-0.25, -0.2) is 8.42 Å². The van der Waals surface area contributed by atoms with E-state index in [0.29, 0.717) is 40.1 Å². The van der Waals surface area contributed by atoms with Gasteiger partial charge in [-0.2, -0.15) is 0 Å². The van der Waals surface area contributed by atoms with Gasteiger partial charge < -0.3 is 15.1 Å². The van der Waals surface area contributed by atoms with Crippen LogP contribution in [0.25, 0.3) is 0 Å². The number of carbonyl (C=O) groups is 2. The number of fused-ring (bicyclic) bond motifs is 1. The largest absolute Gasteiger partial charge is 0.338 e. The predicted octanol–water partition coefficient (Wildman–Crippen LogP) is 4.95. The van der Waals surface area contributed by atoms with Crippen molar-refractivity contribution in [1.82, 2.24) is 14.8 Å². The van der Waals surface area contributed by atoms with Crippen LogP contribution in [-0.4, -0.2) is 74.0 Å². The maximum atomic E-state index is 13.3. The molecule has 5 rings (SSSR count). The van der Waals surface area contributed by atoms with Crippen LogP contribution in [0.15, 0.2) is 53.6 Å². The number of carbonyl (C=O) groups excluding carboxylic acids is 2. The summed E-state index contributed by atoms with van der Waals surface area (Å²) >= 11 is 6.23. The van der Waals surface area contributed by atoms with E-state index in [9.17, 15) is 18.0 Å². The Hall–Kier alpha value is -3.27. The van der Waals surface area contributed by atoms with E-state index in [1.54, 1.807) is 30.5 Å². The number of hydrogen-bond acceptors (Lipinski definition) is 6. The number of likely N-dealkylation sites (tertiary alicyclic amines) is 2. The van der Waals surface area contributed by atoms with Crippen molar-refractivity contribution in [3.05, 3.63) is 87.2 Å². The zero-order valence-electron chi connectivity index (χ0n) is 24.5. The lowest BCUT2D eigenvalue weighted by Crippen LogP contribution is -2.34. The number of benzene rings is 2. The van der Waals surface area contributed by atoms with Crippen molar-refractivity contribution < 1.29 is 18.0 Å². The Labute approximate surface area is 253 Å². The Balaban J connectivity index is 1.21. The first-order valence-electron chi connectivity index (χ1n) is 14.2. The summed E-state index contributed by atoms with van der Waals surface area (Å²) in [6.45, 7) is 9.91. The van der Waals surface area contributed by atoms with Crippen molar-refractivity contribution in [3.8, 4) is 0 Å². The predicted molar refractivity (Wildman–Crippen MR) is 165 cm³/mol. The summed E-state index contributed by atoms with van der Waals surface area (Å²) in [4.78, 5) is 35.4. The first kappa shape index (κ1) is 30.2. The summed E-state index contributed by atoms with van der Waals surface area (Å²) in [7, 11) is -3.42. The Morgan fingerprint density at radius 1 is 0.976 bits per heavy atom. The SMILES string of the molecule is Cc1ccc(NC(=O)c2ccc(S(C)(=O)=O)cc2CCCN2CC3CN(C(=O)c4c(C)ccnc4C)CC3C2)cc1Cl.